The highest BCUT2D eigenvalue weighted by molar-refractivity contribution is 6.03. The van der Waals surface area contributed by atoms with Crippen molar-refractivity contribution in [3.63, 3.8) is 0 Å². The Labute approximate surface area is 218 Å². The van der Waals surface area contributed by atoms with Crippen LogP contribution in [0.3, 0.4) is 0 Å². The van der Waals surface area contributed by atoms with Crippen LogP contribution in [0, 0.1) is 6.92 Å². The van der Waals surface area contributed by atoms with E-state index < -0.39 is 0 Å². The number of hydrogen-bond acceptors (Lipinski definition) is 3. The third kappa shape index (κ3) is 6.00. The fourth-order valence-corrected chi connectivity index (χ4v) is 4.07. The molecule has 0 aliphatic carbocycles. The van der Waals surface area contributed by atoms with Crippen LogP contribution in [-0.2, 0) is 10.2 Å². The van der Waals surface area contributed by atoms with Crippen molar-refractivity contribution in [3.05, 3.63) is 84.1 Å². The standard InChI is InChI=1S/C30H35N5O2/c1-20(2)34(29(37)31-25-13-9-11-22-10-7-8-12-24(22)25)19-28(36)32-27-18-26(30(4,5)6)33-35(27)23-16-14-21(3)15-17-23/h7-18,20H,19H2,1-6H3,(H,31,37)(H,32,36). The Balaban J connectivity index is 1.55. The van der Waals surface area contributed by atoms with Gasteiger partial charge in [-0.15, -0.1) is 0 Å². The Kier molecular flexibility index (Phi) is 7.34. The molecule has 1 heterocycles. The minimum Gasteiger partial charge on any atom is -0.313 e. The Morgan fingerprint density at radius 3 is 2.30 bits per heavy atom. The predicted molar refractivity (Wildman–Crippen MR) is 150 cm³/mol. The highest BCUT2D eigenvalue weighted by atomic mass is 16.2. The number of amides is 3. The van der Waals surface area contributed by atoms with E-state index in [-0.39, 0.29) is 29.9 Å². The first-order chi connectivity index (χ1) is 17.5. The summed E-state index contributed by atoms with van der Waals surface area (Å²) in [6.07, 6.45) is 0. The van der Waals surface area contributed by atoms with Crippen molar-refractivity contribution in [2.75, 3.05) is 17.2 Å². The van der Waals surface area contributed by atoms with Gasteiger partial charge in [-0.1, -0.05) is 74.9 Å². The molecule has 0 atom stereocenters. The van der Waals surface area contributed by atoms with Gasteiger partial charge in [-0.3, -0.25) is 4.79 Å². The summed E-state index contributed by atoms with van der Waals surface area (Å²) < 4.78 is 1.74. The average Bonchev–Trinajstić information content (AvgIpc) is 3.27. The largest absolute Gasteiger partial charge is 0.322 e. The lowest BCUT2D eigenvalue weighted by Gasteiger charge is -2.26. The molecule has 1 aromatic heterocycles. The van der Waals surface area contributed by atoms with Gasteiger partial charge in [0.2, 0.25) is 5.91 Å². The molecule has 4 rings (SSSR count). The Bertz CT molecular complexity index is 1410. The van der Waals surface area contributed by atoms with Crippen LogP contribution in [0.1, 0.15) is 45.9 Å². The summed E-state index contributed by atoms with van der Waals surface area (Å²) >= 11 is 0. The van der Waals surface area contributed by atoms with Crippen LogP contribution in [0.25, 0.3) is 16.5 Å². The molecule has 7 heteroatoms. The van der Waals surface area contributed by atoms with E-state index in [9.17, 15) is 9.59 Å². The number of carbonyl (C=O) groups excluding carboxylic acids is 2. The summed E-state index contributed by atoms with van der Waals surface area (Å²) in [4.78, 5) is 28.0. The zero-order valence-electron chi connectivity index (χ0n) is 22.4. The van der Waals surface area contributed by atoms with Crippen molar-refractivity contribution in [1.29, 1.82) is 0 Å². The van der Waals surface area contributed by atoms with Crippen LogP contribution in [0.15, 0.2) is 72.8 Å². The first-order valence-electron chi connectivity index (χ1n) is 12.6. The van der Waals surface area contributed by atoms with E-state index in [2.05, 4.69) is 31.4 Å². The number of anilines is 2. The van der Waals surface area contributed by atoms with E-state index in [1.165, 1.54) is 4.90 Å². The fraction of sp³-hybridized carbons (Fsp3) is 0.300. The lowest BCUT2D eigenvalue weighted by molar-refractivity contribution is -0.117. The number of hydrogen-bond donors (Lipinski definition) is 2. The Morgan fingerprint density at radius 1 is 0.946 bits per heavy atom. The second-order valence-corrected chi connectivity index (χ2v) is 10.6. The maximum absolute atomic E-state index is 13.3. The van der Waals surface area contributed by atoms with Crippen LogP contribution in [0.4, 0.5) is 16.3 Å². The van der Waals surface area contributed by atoms with E-state index in [0.717, 1.165) is 27.7 Å². The van der Waals surface area contributed by atoms with E-state index >= 15 is 0 Å². The average molecular weight is 498 g/mol. The summed E-state index contributed by atoms with van der Waals surface area (Å²) in [6, 6.07) is 23.0. The highest BCUT2D eigenvalue weighted by Gasteiger charge is 2.24. The summed E-state index contributed by atoms with van der Waals surface area (Å²) in [7, 11) is 0. The normalized spacial score (nSPS) is 11.5. The molecule has 0 saturated carbocycles. The van der Waals surface area contributed by atoms with Crippen molar-refractivity contribution in [2.45, 2.75) is 53.0 Å². The third-order valence-corrected chi connectivity index (χ3v) is 6.25. The Hall–Kier alpha value is -4.13. The molecule has 0 spiro atoms. The lowest BCUT2D eigenvalue weighted by atomic mass is 9.92. The van der Waals surface area contributed by atoms with Crippen LogP contribution in [0.5, 0.6) is 0 Å². The van der Waals surface area contributed by atoms with Crippen molar-refractivity contribution in [3.8, 4) is 5.69 Å². The van der Waals surface area contributed by atoms with Crippen LogP contribution >= 0.6 is 0 Å². The zero-order chi connectivity index (χ0) is 26.7. The molecule has 0 aliphatic rings. The van der Waals surface area contributed by atoms with Gasteiger partial charge in [0.25, 0.3) is 0 Å². The van der Waals surface area contributed by atoms with Gasteiger partial charge in [0.15, 0.2) is 0 Å². The third-order valence-electron chi connectivity index (χ3n) is 6.25. The molecular weight excluding hydrogens is 462 g/mol. The number of aromatic nitrogens is 2. The van der Waals surface area contributed by atoms with Crippen LogP contribution < -0.4 is 10.6 Å². The Morgan fingerprint density at radius 2 is 1.62 bits per heavy atom. The van der Waals surface area contributed by atoms with Gasteiger partial charge in [0.05, 0.1) is 17.1 Å². The number of aryl methyl sites for hydroxylation is 1. The van der Waals surface area contributed by atoms with E-state index in [1.54, 1.807) is 4.68 Å². The fourth-order valence-electron chi connectivity index (χ4n) is 4.07. The molecule has 0 aliphatic heterocycles. The molecular formula is C30H35N5O2. The lowest BCUT2D eigenvalue weighted by Crippen LogP contribution is -2.44. The van der Waals surface area contributed by atoms with Gasteiger partial charge in [-0.05, 0) is 44.4 Å². The molecule has 3 amide bonds. The molecule has 0 radical (unpaired) electrons. The molecule has 4 aromatic rings. The minimum absolute atomic E-state index is 0.0990. The molecule has 0 fully saturated rings. The zero-order valence-corrected chi connectivity index (χ0v) is 22.4. The quantitative estimate of drug-likeness (QED) is 0.319. The first-order valence-corrected chi connectivity index (χ1v) is 12.6. The second-order valence-electron chi connectivity index (χ2n) is 10.6. The molecule has 0 unspecified atom stereocenters. The smallest absolute Gasteiger partial charge is 0.313 e. The number of urea groups is 1. The molecule has 0 saturated heterocycles. The minimum atomic E-state index is -0.330. The van der Waals surface area contributed by atoms with Gasteiger partial charge in [-0.2, -0.15) is 5.10 Å². The molecule has 3 aromatic carbocycles. The van der Waals surface area contributed by atoms with Crippen LogP contribution in [-0.4, -0.2) is 39.2 Å². The van der Waals surface area contributed by atoms with E-state index in [0.29, 0.717) is 11.5 Å². The van der Waals surface area contributed by atoms with Gasteiger partial charge >= 0.3 is 6.03 Å². The molecule has 7 nitrogen and oxygen atoms in total. The first kappa shape index (κ1) is 25.9. The van der Waals surface area contributed by atoms with Crippen molar-refractivity contribution in [1.82, 2.24) is 14.7 Å². The SMILES string of the molecule is Cc1ccc(-n2nc(C(C)(C)C)cc2NC(=O)CN(C(=O)Nc2cccc3ccccc23)C(C)C)cc1. The monoisotopic (exact) mass is 497 g/mol. The van der Waals surface area contributed by atoms with Gasteiger partial charge < -0.3 is 15.5 Å². The van der Waals surface area contributed by atoms with Crippen molar-refractivity contribution >= 4 is 34.2 Å². The molecule has 37 heavy (non-hydrogen) atoms. The predicted octanol–water partition coefficient (Wildman–Crippen LogP) is 6.51. The van der Waals surface area contributed by atoms with Gasteiger partial charge in [0.1, 0.15) is 12.4 Å². The number of benzene rings is 3. The number of rotatable bonds is 6. The molecule has 192 valence electrons. The maximum Gasteiger partial charge on any atom is 0.322 e. The molecule has 0 bridgehead atoms. The number of fused-ring (bicyclic) bond motifs is 1. The summed E-state index contributed by atoms with van der Waals surface area (Å²) in [6.45, 7) is 12.0. The van der Waals surface area contributed by atoms with E-state index in [4.69, 9.17) is 5.10 Å². The number of nitrogens with zero attached hydrogens (tertiary/aromatic N) is 3. The summed E-state index contributed by atoms with van der Waals surface area (Å²) in [5, 5.41) is 12.7. The van der Waals surface area contributed by atoms with Gasteiger partial charge in [-0.25, -0.2) is 9.48 Å². The van der Waals surface area contributed by atoms with Crippen molar-refractivity contribution in [2.24, 2.45) is 0 Å². The second kappa shape index (κ2) is 10.5. The van der Waals surface area contributed by atoms with Crippen LogP contribution in [0.2, 0.25) is 0 Å². The number of carbonyl (C=O) groups is 2. The maximum atomic E-state index is 13.3. The van der Waals surface area contributed by atoms with E-state index in [1.807, 2.05) is 93.6 Å². The highest BCUT2D eigenvalue weighted by Crippen LogP contribution is 2.27. The summed E-state index contributed by atoms with van der Waals surface area (Å²) in [5.74, 6) is 0.271. The van der Waals surface area contributed by atoms with Gasteiger partial charge in [0, 0.05) is 22.9 Å². The number of nitrogens with one attached hydrogen (secondary N) is 2. The molecule has 2 N–H and O–H groups in total. The summed E-state index contributed by atoms with van der Waals surface area (Å²) in [5.41, 5.74) is 3.37. The van der Waals surface area contributed by atoms with Crippen molar-refractivity contribution < 1.29 is 9.59 Å². The topological polar surface area (TPSA) is 79.3 Å².